The average molecular weight is 279 g/mol. The molecule has 0 unspecified atom stereocenters. The van der Waals surface area contributed by atoms with Crippen LogP contribution in [0.4, 0.5) is 5.69 Å². The van der Waals surface area contributed by atoms with Gasteiger partial charge in [0.15, 0.2) is 0 Å². The molecule has 4 N–H and O–H groups in total. The first-order valence-corrected chi connectivity index (χ1v) is 6.35. The molecule has 1 aromatic heterocycles. The van der Waals surface area contributed by atoms with E-state index in [1.807, 2.05) is 30.3 Å². The molecule has 0 aliphatic carbocycles. The minimum absolute atomic E-state index is 0.275. The minimum Gasteiger partial charge on any atom is -0.455 e. The maximum absolute atomic E-state index is 11.4. The minimum atomic E-state index is -0.571. The highest BCUT2D eigenvalue weighted by Gasteiger charge is 2.11. The molecule has 0 radical (unpaired) electrons. The third-order valence-electron chi connectivity index (χ3n) is 3.06. The van der Waals surface area contributed by atoms with E-state index in [1.54, 1.807) is 24.4 Å². The fraction of sp³-hybridized carbons (Fsp3) is 0. The lowest BCUT2D eigenvalue weighted by molar-refractivity contribution is 0.0998. The van der Waals surface area contributed by atoms with Crippen LogP contribution in [-0.2, 0) is 0 Å². The summed E-state index contributed by atoms with van der Waals surface area (Å²) >= 11 is 0. The van der Waals surface area contributed by atoms with E-state index in [1.165, 1.54) is 0 Å². The van der Waals surface area contributed by atoms with E-state index in [-0.39, 0.29) is 5.56 Å². The number of aromatic nitrogens is 1. The van der Waals surface area contributed by atoms with E-state index < -0.39 is 5.91 Å². The number of amides is 1. The number of nitrogens with zero attached hydrogens (tertiary/aromatic N) is 1. The number of para-hydroxylation sites is 1. The van der Waals surface area contributed by atoms with Crippen LogP contribution in [0, 0.1) is 0 Å². The number of pyridine rings is 1. The molecule has 2 aromatic carbocycles. The van der Waals surface area contributed by atoms with Crippen LogP contribution in [-0.4, -0.2) is 10.9 Å². The van der Waals surface area contributed by atoms with Crippen LogP contribution in [0.25, 0.3) is 10.9 Å². The summed E-state index contributed by atoms with van der Waals surface area (Å²) in [4.78, 5) is 15.7. The van der Waals surface area contributed by atoms with Gasteiger partial charge < -0.3 is 16.2 Å². The van der Waals surface area contributed by atoms with Gasteiger partial charge in [-0.15, -0.1) is 0 Å². The van der Waals surface area contributed by atoms with Crippen LogP contribution in [0.5, 0.6) is 11.5 Å². The normalized spacial score (nSPS) is 10.5. The average Bonchev–Trinajstić information content (AvgIpc) is 2.47. The zero-order valence-corrected chi connectivity index (χ0v) is 11.1. The summed E-state index contributed by atoms with van der Waals surface area (Å²) < 4.78 is 5.72. The summed E-state index contributed by atoms with van der Waals surface area (Å²) in [6.45, 7) is 0. The predicted octanol–water partition coefficient (Wildman–Crippen LogP) is 2.71. The van der Waals surface area contributed by atoms with Gasteiger partial charge in [0, 0.05) is 17.1 Å². The zero-order valence-electron chi connectivity index (χ0n) is 11.1. The van der Waals surface area contributed by atoms with Crippen molar-refractivity contribution in [2.75, 3.05) is 5.73 Å². The monoisotopic (exact) mass is 279 g/mol. The van der Waals surface area contributed by atoms with Crippen molar-refractivity contribution in [2.45, 2.75) is 0 Å². The maximum atomic E-state index is 11.4. The Hall–Kier alpha value is -3.08. The SMILES string of the molecule is NC(=O)c1ccc(N)cc1Oc1cnc2ccccc2c1. The van der Waals surface area contributed by atoms with Gasteiger partial charge in [0.2, 0.25) is 0 Å². The van der Waals surface area contributed by atoms with Gasteiger partial charge in [0.05, 0.1) is 17.3 Å². The largest absolute Gasteiger partial charge is 0.455 e. The Balaban J connectivity index is 2.02. The molecule has 104 valence electrons. The Kier molecular flexibility index (Phi) is 3.16. The Bertz CT molecular complexity index is 831. The molecule has 0 saturated carbocycles. The van der Waals surface area contributed by atoms with E-state index in [4.69, 9.17) is 16.2 Å². The van der Waals surface area contributed by atoms with Crippen LogP contribution in [0.15, 0.2) is 54.7 Å². The van der Waals surface area contributed by atoms with Crippen LogP contribution < -0.4 is 16.2 Å². The van der Waals surface area contributed by atoms with Gasteiger partial charge in [0.25, 0.3) is 5.91 Å². The Morgan fingerprint density at radius 1 is 1.10 bits per heavy atom. The third-order valence-corrected chi connectivity index (χ3v) is 3.06. The number of rotatable bonds is 3. The highest BCUT2D eigenvalue weighted by Crippen LogP contribution is 2.28. The number of hydrogen-bond acceptors (Lipinski definition) is 4. The van der Waals surface area contributed by atoms with Crippen LogP contribution in [0.2, 0.25) is 0 Å². The molecule has 0 bridgehead atoms. The molecular formula is C16H13N3O2. The fourth-order valence-electron chi connectivity index (χ4n) is 2.06. The van der Waals surface area contributed by atoms with E-state index in [0.29, 0.717) is 17.2 Å². The highest BCUT2D eigenvalue weighted by atomic mass is 16.5. The second-order valence-corrected chi connectivity index (χ2v) is 4.59. The zero-order chi connectivity index (χ0) is 14.8. The van der Waals surface area contributed by atoms with E-state index >= 15 is 0 Å². The Morgan fingerprint density at radius 3 is 2.71 bits per heavy atom. The molecule has 0 saturated heterocycles. The summed E-state index contributed by atoms with van der Waals surface area (Å²) in [5.41, 5.74) is 12.7. The van der Waals surface area contributed by atoms with Gasteiger partial charge in [-0.2, -0.15) is 0 Å². The first-order valence-electron chi connectivity index (χ1n) is 6.35. The number of anilines is 1. The van der Waals surface area contributed by atoms with Gasteiger partial charge >= 0.3 is 0 Å². The van der Waals surface area contributed by atoms with Crippen molar-refractivity contribution in [3.05, 3.63) is 60.3 Å². The second-order valence-electron chi connectivity index (χ2n) is 4.59. The van der Waals surface area contributed by atoms with Gasteiger partial charge in [-0.1, -0.05) is 18.2 Å². The second kappa shape index (κ2) is 5.13. The molecule has 3 aromatic rings. The molecule has 0 aliphatic rings. The molecule has 3 rings (SSSR count). The molecule has 5 nitrogen and oxygen atoms in total. The van der Waals surface area contributed by atoms with Crippen molar-refractivity contribution in [1.82, 2.24) is 4.98 Å². The summed E-state index contributed by atoms with van der Waals surface area (Å²) in [6.07, 6.45) is 1.59. The summed E-state index contributed by atoms with van der Waals surface area (Å²) in [6, 6.07) is 14.2. The van der Waals surface area contributed by atoms with Crippen molar-refractivity contribution >= 4 is 22.5 Å². The quantitative estimate of drug-likeness (QED) is 0.721. The predicted molar refractivity (Wildman–Crippen MR) is 81.2 cm³/mol. The summed E-state index contributed by atoms with van der Waals surface area (Å²) in [5, 5.41) is 0.944. The van der Waals surface area contributed by atoms with E-state index in [2.05, 4.69) is 4.98 Å². The molecule has 0 spiro atoms. The highest BCUT2D eigenvalue weighted by molar-refractivity contribution is 5.96. The molecule has 1 amide bonds. The molecule has 21 heavy (non-hydrogen) atoms. The smallest absolute Gasteiger partial charge is 0.252 e. The van der Waals surface area contributed by atoms with Crippen LogP contribution in [0.3, 0.4) is 0 Å². The van der Waals surface area contributed by atoms with Crippen molar-refractivity contribution < 1.29 is 9.53 Å². The van der Waals surface area contributed by atoms with Gasteiger partial charge in [0.1, 0.15) is 11.5 Å². The molecule has 1 heterocycles. The fourth-order valence-corrected chi connectivity index (χ4v) is 2.06. The number of nitrogens with two attached hydrogens (primary N) is 2. The number of carbonyl (C=O) groups excluding carboxylic acids is 1. The van der Waals surface area contributed by atoms with E-state index in [0.717, 1.165) is 10.9 Å². The molecule has 5 heteroatoms. The molecule has 0 atom stereocenters. The molecule has 0 aliphatic heterocycles. The summed E-state index contributed by atoms with van der Waals surface area (Å²) in [5.74, 6) is 0.264. The third kappa shape index (κ3) is 2.62. The van der Waals surface area contributed by atoms with Crippen molar-refractivity contribution in [3.63, 3.8) is 0 Å². The maximum Gasteiger partial charge on any atom is 0.252 e. The number of primary amides is 1. The van der Waals surface area contributed by atoms with E-state index in [9.17, 15) is 4.79 Å². The van der Waals surface area contributed by atoms with Gasteiger partial charge in [-0.05, 0) is 24.3 Å². The lowest BCUT2D eigenvalue weighted by Gasteiger charge is -2.10. The van der Waals surface area contributed by atoms with Crippen LogP contribution in [0.1, 0.15) is 10.4 Å². The number of benzene rings is 2. The van der Waals surface area contributed by atoms with Gasteiger partial charge in [-0.3, -0.25) is 9.78 Å². The number of hydrogen-bond donors (Lipinski definition) is 2. The number of nitrogen functional groups attached to an aromatic ring is 1. The lowest BCUT2D eigenvalue weighted by atomic mass is 10.1. The molecule has 0 fully saturated rings. The standard InChI is InChI=1S/C16H13N3O2/c17-11-5-6-13(16(18)20)15(8-11)21-12-7-10-3-1-2-4-14(10)19-9-12/h1-9H,17H2,(H2,18,20). The van der Waals surface area contributed by atoms with Crippen molar-refractivity contribution in [2.24, 2.45) is 5.73 Å². The Labute approximate surface area is 121 Å². The summed E-state index contributed by atoms with van der Waals surface area (Å²) in [7, 11) is 0. The first kappa shape index (κ1) is 12.9. The molecular weight excluding hydrogens is 266 g/mol. The van der Waals surface area contributed by atoms with Gasteiger partial charge in [-0.25, -0.2) is 0 Å². The Morgan fingerprint density at radius 2 is 1.90 bits per heavy atom. The number of ether oxygens (including phenoxy) is 1. The number of carbonyl (C=O) groups is 1. The van der Waals surface area contributed by atoms with Crippen LogP contribution >= 0.6 is 0 Å². The van der Waals surface area contributed by atoms with Crippen molar-refractivity contribution in [3.8, 4) is 11.5 Å². The van der Waals surface area contributed by atoms with Crippen molar-refractivity contribution in [1.29, 1.82) is 0 Å². The number of fused-ring (bicyclic) bond motifs is 1. The lowest BCUT2D eigenvalue weighted by Crippen LogP contribution is -2.12. The topological polar surface area (TPSA) is 91.2 Å². The first-order chi connectivity index (χ1) is 10.1.